The van der Waals surface area contributed by atoms with E-state index in [1.165, 1.54) is 18.5 Å². The third-order valence-electron chi connectivity index (χ3n) is 4.93. The summed E-state index contributed by atoms with van der Waals surface area (Å²) in [6.07, 6.45) is 6.55. The van der Waals surface area contributed by atoms with Gasteiger partial charge in [0.05, 0.1) is 5.60 Å². The standard InChI is InChI=1S/C18H30N2O/c1-2-3-13-20(17-9-5-4-6-10-17)14-11-16-8-7-12-18(16,21)15-19/h4-6,9-10,16,21H,2-3,7-8,11-15,19H2,1H3. The van der Waals surface area contributed by atoms with Crippen molar-refractivity contribution in [3.8, 4) is 0 Å². The zero-order chi connectivity index (χ0) is 15.1. The normalized spacial score (nSPS) is 25.2. The molecule has 1 aliphatic rings. The molecule has 2 atom stereocenters. The first-order valence-electron chi connectivity index (χ1n) is 8.42. The van der Waals surface area contributed by atoms with Gasteiger partial charge < -0.3 is 15.7 Å². The Balaban J connectivity index is 1.96. The Kier molecular flexibility index (Phi) is 6.07. The van der Waals surface area contributed by atoms with E-state index in [2.05, 4.69) is 42.2 Å². The van der Waals surface area contributed by atoms with Crippen molar-refractivity contribution >= 4 is 5.69 Å². The molecule has 1 aromatic rings. The lowest BCUT2D eigenvalue weighted by Crippen LogP contribution is -2.42. The van der Waals surface area contributed by atoms with E-state index in [0.717, 1.165) is 38.8 Å². The van der Waals surface area contributed by atoms with Crippen molar-refractivity contribution in [2.75, 3.05) is 24.5 Å². The van der Waals surface area contributed by atoms with Gasteiger partial charge in [-0.05, 0) is 43.7 Å². The van der Waals surface area contributed by atoms with Gasteiger partial charge in [-0.25, -0.2) is 0 Å². The monoisotopic (exact) mass is 290 g/mol. The van der Waals surface area contributed by atoms with Crippen molar-refractivity contribution in [2.24, 2.45) is 11.7 Å². The Morgan fingerprint density at radius 1 is 1.29 bits per heavy atom. The number of aliphatic hydroxyl groups is 1. The molecule has 0 amide bonds. The van der Waals surface area contributed by atoms with Crippen LogP contribution in [0.1, 0.15) is 45.4 Å². The Hall–Kier alpha value is -1.06. The molecule has 0 aliphatic heterocycles. The molecule has 3 nitrogen and oxygen atoms in total. The van der Waals surface area contributed by atoms with Crippen LogP contribution < -0.4 is 10.6 Å². The summed E-state index contributed by atoms with van der Waals surface area (Å²) in [5, 5.41) is 10.6. The molecule has 3 N–H and O–H groups in total. The van der Waals surface area contributed by atoms with Gasteiger partial charge in [0.15, 0.2) is 0 Å². The number of hydrogen-bond acceptors (Lipinski definition) is 3. The molecular formula is C18H30N2O. The molecule has 0 saturated heterocycles. The SMILES string of the molecule is CCCCN(CCC1CCCC1(O)CN)c1ccccc1. The van der Waals surface area contributed by atoms with E-state index in [1.807, 2.05) is 0 Å². The van der Waals surface area contributed by atoms with Crippen LogP contribution >= 0.6 is 0 Å². The first-order chi connectivity index (χ1) is 10.2. The van der Waals surface area contributed by atoms with Crippen molar-refractivity contribution in [3.05, 3.63) is 30.3 Å². The fourth-order valence-electron chi connectivity index (χ4n) is 3.48. The molecule has 2 rings (SSSR count). The molecular weight excluding hydrogens is 260 g/mol. The lowest BCUT2D eigenvalue weighted by molar-refractivity contribution is 0.00886. The number of unbranched alkanes of at least 4 members (excludes halogenated alkanes) is 1. The van der Waals surface area contributed by atoms with Gasteiger partial charge in [-0.2, -0.15) is 0 Å². The van der Waals surface area contributed by atoms with Crippen LogP contribution in [0.4, 0.5) is 5.69 Å². The average Bonchev–Trinajstić information content (AvgIpc) is 2.90. The molecule has 1 aromatic carbocycles. The van der Waals surface area contributed by atoms with Crippen LogP contribution in [0.15, 0.2) is 30.3 Å². The summed E-state index contributed by atoms with van der Waals surface area (Å²) in [4.78, 5) is 2.46. The predicted octanol–water partition coefficient (Wildman–Crippen LogP) is 3.17. The molecule has 0 heterocycles. The number of anilines is 1. The van der Waals surface area contributed by atoms with Crippen LogP contribution in [0.2, 0.25) is 0 Å². The lowest BCUT2D eigenvalue weighted by atomic mass is 9.88. The van der Waals surface area contributed by atoms with E-state index in [1.54, 1.807) is 0 Å². The van der Waals surface area contributed by atoms with Gasteiger partial charge in [-0.15, -0.1) is 0 Å². The number of nitrogens with two attached hydrogens (primary N) is 1. The average molecular weight is 290 g/mol. The number of benzene rings is 1. The second-order valence-electron chi connectivity index (χ2n) is 6.36. The Bertz CT molecular complexity index is 409. The van der Waals surface area contributed by atoms with Crippen LogP contribution in [0.25, 0.3) is 0 Å². The maximum atomic E-state index is 10.6. The van der Waals surface area contributed by atoms with Gasteiger partial charge in [0.1, 0.15) is 0 Å². The van der Waals surface area contributed by atoms with E-state index in [-0.39, 0.29) is 0 Å². The summed E-state index contributed by atoms with van der Waals surface area (Å²) in [6, 6.07) is 10.6. The molecule has 1 aliphatic carbocycles. The largest absolute Gasteiger partial charge is 0.388 e. The van der Waals surface area contributed by atoms with Gasteiger partial charge in [0.2, 0.25) is 0 Å². The highest BCUT2D eigenvalue weighted by Gasteiger charge is 2.39. The zero-order valence-electron chi connectivity index (χ0n) is 13.3. The van der Waals surface area contributed by atoms with E-state index >= 15 is 0 Å². The topological polar surface area (TPSA) is 49.5 Å². The first-order valence-corrected chi connectivity index (χ1v) is 8.42. The van der Waals surface area contributed by atoms with Gasteiger partial charge in [0, 0.05) is 25.3 Å². The van der Waals surface area contributed by atoms with Gasteiger partial charge in [0.25, 0.3) is 0 Å². The molecule has 3 heteroatoms. The molecule has 0 aromatic heterocycles. The fourth-order valence-corrected chi connectivity index (χ4v) is 3.48. The number of nitrogens with zero attached hydrogens (tertiary/aromatic N) is 1. The molecule has 2 unspecified atom stereocenters. The van der Waals surface area contributed by atoms with Crippen LogP contribution in [0, 0.1) is 5.92 Å². The molecule has 0 bridgehead atoms. The van der Waals surface area contributed by atoms with Crippen molar-refractivity contribution in [1.82, 2.24) is 0 Å². The van der Waals surface area contributed by atoms with Crippen LogP contribution in [0.5, 0.6) is 0 Å². The maximum Gasteiger partial charge on any atom is 0.0798 e. The van der Waals surface area contributed by atoms with E-state index < -0.39 is 5.60 Å². The summed E-state index contributed by atoms with van der Waals surface area (Å²) in [5.41, 5.74) is 6.47. The van der Waals surface area contributed by atoms with E-state index in [0.29, 0.717) is 12.5 Å². The molecule has 1 fully saturated rings. The molecule has 1 saturated carbocycles. The molecule has 21 heavy (non-hydrogen) atoms. The highest BCUT2D eigenvalue weighted by atomic mass is 16.3. The second-order valence-corrected chi connectivity index (χ2v) is 6.36. The Morgan fingerprint density at radius 2 is 2.05 bits per heavy atom. The molecule has 0 spiro atoms. The third kappa shape index (κ3) is 4.21. The fraction of sp³-hybridized carbons (Fsp3) is 0.667. The van der Waals surface area contributed by atoms with Gasteiger partial charge in [-0.1, -0.05) is 38.0 Å². The minimum absolute atomic E-state index is 0.357. The predicted molar refractivity (Wildman–Crippen MR) is 89.5 cm³/mol. The lowest BCUT2D eigenvalue weighted by Gasteiger charge is -2.32. The van der Waals surface area contributed by atoms with E-state index in [4.69, 9.17) is 5.73 Å². The third-order valence-corrected chi connectivity index (χ3v) is 4.93. The quantitative estimate of drug-likeness (QED) is 0.773. The number of hydrogen-bond donors (Lipinski definition) is 2. The first kappa shape index (κ1) is 16.3. The summed E-state index contributed by atoms with van der Waals surface area (Å²) in [5.74, 6) is 0.357. The van der Waals surface area contributed by atoms with Gasteiger partial charge >= 0.3 is 0 Å². The Morgan fingerprint density at radius 3 is 2.71 bits per heavy atom. The highest BCUT2D eigenvalue weighted by molar-refractivity contribution is 5.45. The van der Waals surface area contributed by atoms with Crippen LogP contribution in [0.3, 0.4) is 0 Å². The number of rotatable bonds is 8. The summed E-state index contributed by atoms with van der Waals surface area (Å²) in [7, 11) is 0. The second kappa shape index (κ2) is 7.81. The minimum atomic E-state index is -0.618. The maximum absolute atomic E-state index is 10.6. The minimum Gasteiger partial charge on any atom is -0.388 e. The number of para-hydroxylation sites is 1. The summed E-state index contributed by atoms with van der Waals surface area (Å²) >= 11 is 0. The smallest absolute Gasteiger partial charge is 0.0798 e. The van der Waals surface area contributed by atoms with Crippen LogP contribution in [-0.2, 0) is 0 Å². The van der Waals surface area contributed by atoms with E-state index in [9.17, 15) is 5.11 Å². The van der Waals surface area contributed by atoms with Crippen molar-refractivity contribution < 1.29 is 5.11 Å². The summed E-state index contributed by atoms with van der Waals surface area (Å²) < 4.78 is 0. The van der Waals surface area contributed by atoms with Crippen LogP contribution in [-0.4, -0.2) is 30.3 Å². The van der Waals surface area contributed by atoms with Gasteiger partial charge in [-0.3, -0.25) is 0 Å². The highest BCUT2D eigenvalue weighted by Crippen LogP contribution is 2.37. The van der Waals surface area contributed by atoms with Crippen molar-refractivity contribution in [1.29, 1.82) is 0 Å². The van der Waals surface area contributed by atoms with Crippen molar-refractivity contribution in [3.63, 3.8) is 0 Å². The molecule has 0 radical (unpaired) electrons. The zero-order valence-corrected chi connectivity index (χ0v) is 13.3. The Labute approximate surface area is 129 Å². The van der Waals surface area contributed by atoms with Crippen molar-refractivity contribution in [2.45, 2.75) is 51.0 Å². The molecule has 118 valence electrons. The summed E-state index contributed by atoms with van der Waals surface area (Å²) in [6.45, 7) is 4.73.